The van der Waals surface area contributed by atoms with Crippen molar-refractivity contribution in [3.8, 4) is 0 Å². The molecule has 0 saturated carbocycles. The van der Waals surface area contributed by atoms with Crippen molar-refractivity contribution in [2.75, 3.05) is 0 Å². The van der Waals surface area contributed by atoms with Crippen molar-refractivity contribution in [1.82, 2.24) is 0 Å². The molecule has 0 aliphatic heterocycles. The molecule has 0 aromatic rings. The Morgan fingerprint density at radius 1 is 1.78 bits per heavy atom. The third-order valence-corrected chi connectivity index (χ3v) is 1.07. The molecule has 0 spiro atoms. The second-order valence-corrected chi connectivity index (χ2v) is 1.91. The molecule has 0 rings (SSSR count). The van der Waals surface area contributed by atoms with Gasteiger partial charge in [0.05, 0.1) is 0 Å². The highest BCUT2D eigenvalue weighted by Crippen LogP contribution is 1.97. The topological polar surface area (TPSA) is 52.3 Å². The molecule has 3 heteroatoms. The van der Waals surface area contributed by atoms with Crippen molar-refractivity contribution in [3.63, 3.8) is 0 Å². The molecule has 54 valence electrons. The van der Waals surface area contributed by atoms with E-state index >= 15 is 0 Å². The van der Waals surface area contributed by atoms with E-state index in [1.165, 1.54) is 0 Å². The van der Waals surface area contributed by atoms with Crippen LogP contribution in [0, 0.1) is 0 Å². The lowest BCUT2D eigenvalue weighted by Crippen LogP contribution is -2.22. The van der Waals surface area contributed by atoms with Crippen LogP contribution in [0.5, 0.6) is 0 Å². The molecular weight excluding hydrogens is 118 g/mol. The molecule has 9 heavy (non-hydrogen) atoms. The van der Waals surface area contributed by atoms with Gasteiger partial charge in [-0.1, -0.05) is 13.3 Å². The van der Waals surface area contributed by atoms with Crippen LogP contribution >= 0.6 is 0 Å². The first kappa shape index (κ1) is 8.43. The minimum atomic E-state index is -0.401. The third kappa shape index (κ3) is 5.30. The Morgan fingerprint density at radius 2 is 2.44 bits per heavy atom. The van der Waals surface area contributed by atoms with Crippen LogP contribution in [0.4, 0.5) is 0 Å². The number of ether oxygens (including phenoxy) is 1. The zero-order chi connectivity index (χ0) is 7.11. The molecule has 0 heterocycles. The zero-order valence-corrected chi connectivity index (χ0v) is 5.67. The predicted octanol–water partition coefficient (Wildman–Crippen LogP) is 0.634. The fraction of sp³-hybridized carbons (Fsp3) is 0.833. The van der Waals surface area contributed by atoms with Gasteiger partial charge in [0, 0.05) is 0 Å². The van der Waals surface area contributed by atoms with Crippen molar-refractivity contribution >= 4 is 6.47 Å². The van der Waals surface area contributed by atoms with Gasteiger partial charge in [0.2, 0.25) is 0 Å². The van der Waals surface area contributed by atoms with Gasteiger partial charge in [-0.25, -0.2) is 0 Å². The van der Waals surface area contributed by atoms with Crippen molar-refractivity contribution in [1.29, 1.82) is 0 Å². The number of carbonyl (C=O) groups is 1. The van der Waals surface area contributed by atoms with E-state index < -0.39 is 6.23 Å². The molecule has 0 aliphatic carbocycles. The average molecular weight is 131 g/mol. The van der Waals surface area contributed by atoms with E-state index in [1.807, 2.05) is 0 Å². The van der Waals surface area contributed by atoms with Crippen molar-refractivity contribution in [3.05, 3.63) is 0 Å². The molecule has 0 unspecified atom stereocenters. The van der Waals surface area contributed by atoms with Crippen molar-refractivity contribution in [2.24, 2.45) is 5.73 Å². The molecule has 0 aliphatic rings. The van der Waals surface area contributed by atoms with E-state index in [0.29, 0.717) is 6.47 Å². The third-order valence-electron chi connectivity index (χ3n) is 1.07. The molecule has 1 atom stereocenters. The summed E-state index contributed by atoms with van der Waals surface area (Å²) in [5, 5.41) is 0. The Hall–Kier alpha value is -0.570. The molecule has 0 radical (unpaired) electrons. The van der Waals surface area contributed by atoms with Crippen LogP contribution in [-0.4, -0.2) is 12.7 Å². The Morgan fingerprint density at radius 3 is 2.89 bits per heavy atom. The molecule has 0 fully saturated rings. The van der Waals surface area contributed by atoms with Gasteiger partial charge < -0.3 is 4.74 Å². The molecule has 2 N–H and O–H groups in total. The second-order valence-electron chi connectivity index (χ2n) is 1.91. The zero-order valence-electron chi connectivity index (χ0n) is 5.67. The van der Waals surface area contributed by atoms with E-state index in [0.717, 1.165) is 19.3 Å². The molecular formula is C6H13NO2. The highest BCUT2D eigenvalue weighted by molar-refractivity contribution is 5.37. The van der Waals surface area contributed by atoms with Gasteiger partial charge in [-0.15, -0.1) is 0 Å². The summed E-state index contributed by atoms with van der Waals surface area (Å²) in [4.78, 5) is 9.68. The fourth-order valence-electron chi connectivity index (χ4n) is 0.545. The van der Waals surface area contributed by atoms with Crippen LogP contribution in [0.15, 0.2) is 0 Å². The molecule has 3 nitrogen and oxygen atoms in total. The first-order valence-corrected chi connectivity index (χ1v) is 3.16. The van der Waals surface area contributed by atoms with Crippen molar-refractivity contribution in [2.45, 2.75) is 32.4 Å². The van der Waals surface area contributed by atoms with Gasteiger partial charge in [-0.05, 0) is 12.8 Å². The Labute approximate surface area is 55.2 Å². The first-order chi connectivity index (χ1) is 4.31. The second kappa shape index (κ2) is 5.56. The summed E-state index contributed by atoms with van der Waals surface area (Å²) in [5.74, 6) is 0. The van der Waals surface area contributed by atoms with Crippen LogP contribution in [0.25, 0.3) is 0 Å². The maximum absolute atomic E-state index is 9.68. The van der Waals surface area contributed by atoms with Crippen LogP contribution in [0.1, 0.15) is 26.2 Å². The Bertz CT molecular complexity index is 75.5. The summed E-state index contributed by atoms with van der Waals surface area (Å²) < 4.78 is 4.44. The maximum atomic E-state index is 9.68. The molecule has 0 bridgehead atoms. The standard InChI is InChI=1S/C6H13NO2/c1-2-3-4-6(7)9-5-8/h5-6H,2-4,7H2,1H3/t6-/m1/s1. The molecule has 0 aromatic heterocycles. The summed E-state index contributed by atoms with van der Waals surface area (Å²) in [6, 6.07) is 0. The van der Waals surface area contributed by atoms with Gasteiger partial charge in [0.15, 0.2) is 6.23 Å². The van der Waals surface area contributed by atoms with E-state index in [-0.39, 0.29) is 0 Å². The van der Waals surface area contributed by atoms with Gasteiger partial charge in [0.25, 0.3) is 6.47 Å². The summed E-state index contributed by atoms with van der Waals surface area (Å²) in [7, 11) is 0. The minimum Gasteiger partial charge on any atom is -0.449 e. The first-order valence-electron chi connectivity index (χ1n) is 3.16. The number of hydrogen-bond acceptors (Lipinski definition) is 3. The average Bonchev–Trinajstić information content (AvgIpc) is 1.85. The van der Waals surface area contributed by atoms with Gasteiger partial charge in [-0.3, -0.25) is 10.5 Å². The number of rotatable bonds is 5. The monoisotopic (exact) mass is 131 g/mol. The van der Waals surface area contributed by atoms with Crippen LogP contribution in [-0.2, 0) is 9.53 Å². The Kier molecular flexibility index (Phi) is 5.21. The van der Waals surface area contributed by atoms with Gasteiger partial charge in [0.1, 0.15) is 0 Å². The highest BCUT2D eigenvalue weighted by Gasteiger charge is 1.98. The Balaban J connectivity index is 3.04. The summed E-state index contributed by atoms with van der Waals surface area (Å²) in [5.41, 5.74) is 5.32. The van der Waals surface area contributed by atoms with Crippen molar-refractivity contribution < 1.29 is 9.53 Å². The SMILES string of the molecule is CCCC[C@H](N)OC=O. The normalized spacial score (nSPS) is 12.7. The lowest BCUT2D eigenvalue weighted by atomic mass is 10.2. The quantitative estimate of drug-likeness (QED) is 0.440. The van der Waals surface area contributed by atoms with Crippen LogP contribution in [0.2, 0.25) is 0 Å². The molecule has 0 saturated heterocycles. The highest BCUT2D eigenvalue weighted by atomic mass is 16.5. The largest absolute Gasteiger partial charge is 0.449 e. The van der Waals surface area contributed by atoms with Gasteiger partial charge >= 0.3 is 0 Å². The lowest BCUT2D eigenvalue weighted by Gasteiger charge is -2.06. The predicted molar refractivity (Wildman–Crippen MR) is 34.6 cm³/mol. The van der Waals surface area contributed by atoms with E-state index in [1.54, 1.807) is 0 Å². The number of hydrogen-bond donors (Lipinski definition) is 1. The molecule has 0 amide bonds. The maximum Gasteiger partial charge on any atom is 0.294 e. The van der Waals surface area contributed by atoms with E-state index in [9.17, 15) is 4.79 Å². The lowest BCUT2D eigenvalue weighted by molar-refractivity contribution is -0.133. The smallest absolute Gasteiger partial charge is 0.294 e. The van der Waals surface area contributed by atoms with Crippen LogP contribution in [0.3, 0.4) is 0 Å². The van der Waals surface area contributed by atoms with E-state index in [4.69, 9.17) is 5.73 Å². The summed E-state index contributed by atoms with van der Waals surface area (Å²) in [6.07, 6.45) is 2.45. The summed E-state index contributed by atoms with van der Waals surface area (Å²) >= 11 is 0. The van der Waals surface area contributed by atoms with E-state index in [2.05, 4.69) is 11.7 Å². The summed E-state index contributed by atoms with van der Waals surface area (Å²) in [6.45, 7) is 2.45. The number of nitrogens with two attached hydrogens (primary N) is 1. The minimum absolute atomic E-state index is 0.389. The number of unbranched alkanes of at least 4 members (excludes halogenated alkanes) is 1. The van der Waals surface area contributed by atoms with Gasteiger partial charge in [-0.2, -0.15) is 0 Å². The fourth-order valence-corrected chi connectivity index (χ4v) is 0.545. The molecule has 0 aromatic carbocycles. The van der Waals surface area contributed by atoms with Crippen LogP contribution < -0.4 is 5.73 Å². The number of carbonyl (C=O) groups excluding carboxylic acids is 1.